The summed E-state index contributed by atoms with van der Waals surface area (Å²) in [5.41, 5.74) is 0.635. The first-order valence-electron chi connectivity index (χ1n) is 7.37. The van der Waals surface area contributed by atoms with Gasteiger partial charge in [0.15, 0.2) is 0 Å². The van der Waals surface area contributed by atoms with E-state index in [0.29, 0.717) is 30.3 Å². The maximum Gasteiger partial charge on any atom is 0.227 e. The Bertz CT molecular complexity index is 585. The number of nitrogens with zero attached hydrogens (tertiary/aromatic N) is 3. The first-order chi connectivity index (χ1) is 10.7. The number of carbonyl (C=O) groups is 1. The lowest BCUT2D eigenvalue weighted by Gasteiger charge is -2.15. The Balaban J connectivity index is 1.85. The van der Waals surface area contributed by atoms with Crippen LogP contribution in [0.4, 0.5) is 0 Å². The number of aromatic nitrogens is 3. The van der Waals surface area contributed by atoms with Gasteiger partial charge in [0.05, 0.1) is 0 Å². The molecule has 0 saturated carbocycles. The van der Waals surface area contributed by atoms with Gasteiger partial charge in [-0.15, -0.1) is 0 Å². The van der Waals surface area contributed by atoms with E-state index >= 15 is 0 Å². The average Bonchev–Trinajstić information content (AvgIpc) is 3.02. The van der Waals surface area contributed by atoms with Crippen molar-refractivity contribution >= 4 is 5.91 Å². The zero-order chi connectivity index (χ0) is 15.8. The lowest BCUT2D eigenvalue weighted by Crippen LogP contribution is -2.35. The minimum atomic E-state index is -0.0853. The van der Waals surface area contributed by atoms with Crippen LogP contribution < -0.4 is 5.32 Å². The molecule has 0 saturated heterocycles. The van der Waals surface area contributed by atoms with E-state index in [2.05, 4.69) is 20.4 Å². The molecule has 1 amide bonds. The molecule has 2 heterocycles. The maximum absolute atomic E-state index is 11.8. The van der Waals surface area contributed by atoms with Gasteiger partial charge in [-0.1, -0.05) is 18.1 Å². The summed E-state index contributed by atoms with van der Waals surface area (Å²) in [6.45, 7) is 2.04. The monoisotopic (exact) mass is 304 g/mol. The smallest absolute Gasteiger partial charge is 0.227 e. The molecule has 22 heavy (non-hydrogen) atoms. The number of amides is 1. The maximum atomic E-state index is 11.8. The van der Waals surface area contributed by atoms with E-state index in [9.17, 15) is 4.79 Å². The van der Waals surface area contributed by atoms with E-state index in [1.54, 1.807) is 12.3 Å². The van der Waals surface area contributed by atoms with Crippen LogP contribution in [0.1, 0.15) is 32.1 Å². The molecule has 2 aromatic heterocycles. The lowest BCUT2D eigenvalue weighted by atomic mass is 10.1. The molecule has 0 bridgehead atoms. The van der Waals surface area contributed by atoms with Crippen molar-refractivity contribution in [3.05, 3.63) is 30.3 Å². The van der Waals surface area contributed by atoms with Gasteiger partial charge in [-0.3, -0.25) is 9.78 Å². The summed E-state index contributed by atoms with van der Waals surface area (Å²) in [7, 11) is 0. The summed E-state index contributed by atoms with van der Waals surface area (Å²) < 4.78 is 5.13. The molecule has 1 unspecified atom stereocenters. The molecule has 2 rings (SSSR count). The number of rotatable bonds is 8. The standard InChI is InChI=1S/C15H20N4O3/c1-2-11(8-10-20)17-13(21)6-7-14-18-15(19-22-14)12-5-3-4-9-16-12/h3-5,9,11,20H,2,6-8,10H2,1H3,(H,17,21). The van der Waals surface area contributed by atoms with Crippen LogP contribution in [0.5, 0.6) is 0 Å². The Morgan fingerprint density at radius 2 is 2.32 bits per heavy atom. The molecule has 0 aliphatic rings. The lowest BCUT2D eigenvalue weighted by molar-refractivity contribution is -0.122. The molecular formula is C15H20N4O3. The minimum Gasteiger partial charge on any atom is -0.396 e. The largest absolute Gasteiger partial charge is 0.396 e. The molecule has 2 N–H and O–H groups in total. The highest BCUT2D eigenvalue weighted by Gasteiger charge is 2.13. The number of aryl methyl sites for hydroxylation is 1. The van der Waals surface area contributed by atoms with Gasteiger partial charge in [0.25, 0.3) is 0 Å². The van der Waals surface area contributed by atoms with Crippen molar-refractivity contribution in [2.75, 3.05) is 6.61 Å². The van der Waals surface area contributed by atoms with E-state index < -0.39 is 0 Å². The fourth-order valence-electron chi connectivity index (χ4n) is 2.01. The summed E-state index contributed by atoms with van der Waals surface area (Å²) in [4.78, 5) is 20.2. The zero-order valence-corrected chi connectivity index (χ0v) is 12.5. The van der Waals surface area contributed by atoms with Crippen molar-refractivity contribution in [1.29, 1.82) is 0 Å². The number of pyridine rings is 1. The predicted octanol–water partition coefficient (Wildman–Crippen LogP) is 1.34. The number of hydrogen-bond donors (Lipinski definition) is 2. The topological polar surface area (TPSA) is 101 Å². The van der Waals surface area contributed by atoms with Crippen molar-refractivity contribution in [3.63, 3.8) is 0 Å². The molecule has 0 fully saturated rings. The third-order valence-corrected chi connectivity index (χ3v) is 3.26. The van der Waals surface area contributed by atoms with Crippen molar-refractivity contribution in [1.82, 2.24) is 20.4 Å². The van der Waals surface area contributed by atoms with E-state index in [1.807, 2.05) is 19.1 Å². The molecule has 2 aromatic rings. The molecule has 0 aliphatic heterocycles. The molecule has 1 atom stereocenters. The molecule has 7 heteroatoms. The van der Waals surface area contributed by atoms with Gasteiger partial charge >= 0.3 is 0 Å². The first kappa shape index (κ1) is 16.1. The van der Waals surface area contributed by atoms with Gasteiger partial charge in [-0.05, 0) is 25.0 Å². The number of carbonyl (C=O) groups excluding carboxylic acids is 1. The van der Waals surface area contributed by atoms with Crippen LogP contribution in [0.15, 0.2) is 28.9 Å². The molecule has 0 radical (unpaired) electrons. The van der Waals surface area contributed by atoms with Crippen molar-refractivity contribution < 1.29 is 14.4 Å². The van der Waals surface area contributed by atoms with Crippen LogP contribution in [0, 0.1) is 0 Å². The second-order valence-electron chi connectivity index (χ2n) is 4.91. The van der Waals surface area contributed by atoms with Crippen molar-refractivity contribution in [2.24, 2.45) is 0 Å². The molecule has 0 aromatic carbocycles. The molecule has 7 nitrogen and oxygen atoms in total. The van der Waals surface area contributed by atoms with Crippen LogP contribution in [0.3, 0.4) is 0 Å². The van der Waals surface area contributed by atoms with Crippen LogP contribution >= 0.6 is 0 Å². The van der Waals surface area contributed by atoms with Crippen molar-refractivity contribution in [2.45, 2.75) is 38.6 Å². The molecule has 0 spiro atoms. The normalized spacial score (nSPS) is 12.1. The fourth-order valence-corrected chi connectivity index (χ4v) is 2.01. The fraction of sp³-hybridized carbons (Fsp3) is 0.467. The summed E-state index contributed by atoms with van der Waals surface area (Å²) in [6, 6.07) is 5.45. The molecule has 0 aliphatic carbocycles. The third kappa shape index (κ3) is 4.63. The van der Waals surface area contributed by atoms with Gasteiger partial charge in [-0.2, -0.15) is 4.98 Å². The minimum absolute atomic E-state index is 0.00395. The van der Waals surface area contributed by atoms with Gasteiger partial charge in [0.2, 0.25) is 17.6 Å². The zero-order valence-electron chi connectivity index (χ0n) is 12.5. The third-order valence-electron chi connectivity index (χ3n) is 3.26. The number of aliphatic hydroxyl groups is 1. The van der Waals surface area contributed by atoms with E-state index in [4.69, 9.17) is 9.63 Å². The van der Waals surface area contributed by atoms with Gasteiger partial charge in [-0.25, -0.2) is 0 Å². The van der Waals surface area contributed by atoms with Gasteiger partial charge in [0.1, 0.15) is 5.69 Å². The summed E-state index contributed by atoms with van der Waals surface area (Å²) in [5, 5.41) is 15.6. The van der Waals surface area contributed by atoms with Gasteiger partial charge in [0, 0.05) is 31.7 Å². The van der Waals surface area contributed by atoms with Crippen LogP contribution in [-0.4, -0.2) is 38.8 Å². The average molecular weight is 304 g/mol. The second-order valence-corrected chi connectivity index (χ2v) is 4.91. The number of nitrogens with one attached hydrogen (secondary N) is 1. The van der Waals surface area contributed by atoms with E-state index in [0.717, 1.165) is 6.42 Å². The SMILES string of the molecule is CCC(CCO)NC(=O)CCc1nc(-c2ccccn2)no1. The van der Waals surface area contributed by atoms with E-state index in [-0.39, 0.29) is 25.0 Å². The summed E-state index contributed by atoms with van der Waals surface area (Å²) in [5.74, 6) is 0.742. The quantitative estimate of drug-likeness (QED) is 0.763. The Labute approximate surface area is 128 Å². The van der Waals surface area contributed by atoms with Crippen LogP contribution in [-0.2, 0) is 11.2 Å². The highest BCUT2D eigenvalue weighted by molar-refractivity contribution is 5.76. The Morgan fingerprint density at radius 1 is 1.45 bits per heavy atom. The number of hydrogen-bond acceptors (Lipinski definition) is 6. The predicted molar refractivity (Wildman–Crippen MR) is 79.8 cm³/mol. The summed E-state index contributed by atoms with van der Waals surface area (Å²) >= 11 is 0. The summed E-state index contributed by atoms with van der Waals surface area (Å²) in [6.07, 6.45) is 3.65. The highest BCUT2D eigenvalue weighted by Crippen LogP contribution is 2.12. The van der Waals surface area contributed by atoms with Crippen LogP contribution in [0.2, 0.25) is 0 Å². The molecular weight excluding hydrogens is 284 g/mol. The van der Waals surface area contributed by atoms with Gasteiger partial charge < -0.3 is 14.9 Å². The Morgan fingerprint density at radius 3 is 3.00 bits per heavy atom. The second kappa shape index (κ2) is 8.23. The highest BCUT2D eigenvalue weighted by atomic mass is 16.5. The molecule has 118 valence electrons. The number of aliphatic hydroxyl groups excluding tert-OH is 1. The van der Waals surface area contributed by atoms with Crippen LogP contribution in [0.25, 0.3) is 11.5 Å². The van der Waals surface area contributed by atoms with Crippen molar-refractivity contribution in [3.8, 4) is 11.5 Å². The first-order valence-corrected chi connectivity index (χ1v) is 7.37. The Hall–Kier alpha value is -2.28. The van der Waals surface area contributed by atoms with E-state index in [1.165, 1.54) is 0 Å². The Kier molecular flexibility index (Phi) is 6.02.